The molecule has 0 bridgehead atoms. The van der Waals surface area contributed by atoms with Gasteiger partial charge in [0.05, 0.1) is 18.9 Å². The van der Waals surface area contributed by atoms with Crippen molar-refractivity contribution in [2.75, 3.05) is 12.9 Å². The van der Waals surface area contributed by atoms with Crippen LogP contribution in [0.5, 0.6) is 5.75 Å². The normalized spacial score (nSPS) is 16.3. The molecule has 2 atom stereocenters. The first-order valence-corrected chi connectivity index (χ1v) is 13.4. The Morgan fingerprint density at radius 3 is 2.39 bits per heavy atom. The molecule has 4 rings (SSSR count). The van der Waals surface area contributed by atoms with Crippen molar-refractivity contribution >= 4 is 23.6 Å². The van der Waals surface area contributed by atoms with Crippen LogP contribution in [0.4, 0.5) is 0 Å². The number of amides is 2. The number of methoxy groups -OCH3 is 1. The summed E-state index contributed by atoms with van der Waals surface area (Å²) < 4.78 is 5.56. The van der Waals surface area contributed by atoms with E-state index in [4.69, 9.17) is 4.74 Å². The van der Waals surface area contributed by atoms with Crippen LogP contribution in [0.1, 0.15) is 76.3 Å². The van der Waals surface area contributed by atoms with Gasteiger partial charge in [0.15, 0.2) is 0 Å². The Bertz CT molecular complexity index is 1220. The number of aryl methyl sites for hydroxylation is 1. The van der Waals surface area contributed by atoms with Crippen molar-refractivity contribution in [2.45, 2.75) is 51.6 Å². The van der Waals surface area contributed by atoms with Crippen LogP contribution in [0, 0.1) is 6.92 Å². The molecule has 1 saturated heterocycles. The van der Waals surface area contributed by atoms with Gasteiger partial charge < -0.3 is 15.0 Å². The molecule has 0 radical (unpaired) electrons. The van der Waals surface area contributed by atoms with Gasteiger partial charge in [0.1, 0.15) is 11.1 Å². The standard InChI is InChI=1S/C30H34N2O3S/c1-19(2)25-16-26(20(3)15-27(25)35-5)21(4)31-29(34)23-11-13-24(14-12-23)30-32(28(33)18-36-30)17-22-9-7-6-8-10-22/h6-16,19,21,30H,17-18H2,1-5H3,(H,31,34)/t21-,30-/m1/s1. The maximum atomic E-state index is 13.1. The van der Waals surface area contributed by atoms with E-state index in [2.05, 4.69) is 25.2 Å². The van der Waals surface area contributed by atoms with Gasteiger partial charge in [-0.3, -0.25) is 9.59 Å². The Balaban J connectivity index is 1.47. The largest absolute Gasteiger partial charge is 0.496 e. The lowest BCUT2D eigenvalue weighted by atomic mass is 9.93. The van der Waals surface area contributed by atoms with Crippen LogP contribution in [0.15, 0.2) is 66.7 Å². The van der Waals surface area contributed by atoms with Crippen LogP contribution in [-0.4, -0.2) is 29.6 Å². The average molecular weight is 503 g/mol. The molecule has 3 aromatic rings. The second-order valence-corrected chi connectivity index (χ2v) is 10.7. The summed E-state index contributed by atoms with van der Waals surface area (Å²) in [6, 6.07) is 21.7. The Hall–Kier alpha value is -3.25. The first-order valence-electron chi connectivity index (χ1n) is 12.3. The molecule has 1 aliphatic rings. The van der Waals surface area contributed by atoms with Crippen molar-refractivity contribution in [3.05, 3.63) is 100 Å². The fraction of sp³-hybridized carbons (Fsp3) is 0.333. The van der Waals surface area contributed by atoms with Gasteiger partial charge in [-0.1, -0.05) is 56.3 Å². The highest BCUT2D eigenvalue weighted by Gasteiger charge is 2.32. The first-order chi connectivity index (χ1) is 17.3. The number of nitrogens with one attached hydrogen (secondary N) is 1. The van der Waals surface area contributed by atoms with Crippen LogP contribution >= 0.6 is 11.8 Å². The molecule has 1 fully saturated rings. The summed E-state index contributed by atoms with van der Waals surface area (Å²) in [5.41, 5.74) is 6.04. The Kier molecular flexibility index (Phi) is 8.04. The SMILES string of the molecule is COc1cc(C)c([C@@H](C)NC(=O)c2ccc([C@H]3SCC(=O)N3Cc3ccccc3)cc2)cc1C(C)C. The minimum atomic E-state index is -0.148. The molecular formula is C30H34N2O3S. The lowest BCUT2D eigenvalue weighted by molar-refractivity contribution is -0.128. The Labute approximate surface area is 218 Å². The van der Waals surface area contributed by atoms with Crippen molar-refractivity contribution in [1.82, 2.24) is 10.2 Å². The topological polar surface area (TPSA) is 58.6 Å². The van der Waals surface area contributed by atoms with Gasteiger partial charge in [-0.25, -0.2) is 0 Å². The third kappa shape index (κ3) is 5.59. The van der Waals surface area contributed by atoms with Gasteiger partial charge in [0.25, 0.3) is 5.91 Å². The third-order valence-electron chi connectivity index (χ3n) is 6.68. The predicted octanol–water partition coefficient (Wildman–Crippen LogP) is 6.39. The fourth-order valence-electron chi connectivity index (χ4n) is 4.65. The summed E-state index contributed by atoms with van der Waals surface area (Å²) in [6.07, 6.45) is 0. The van der Waals surface area contributed by atoms with Crippen molar-refractivity contribution in [2.24, 2.45) is 0 Å². The molecule has 0 spiro atoms. The number of nitrogens with zero attached hydrogens (tertiary/aromatic N) is 1. The number of hydrogen-bond donors (Lipinski definition) is 1. The number of thioether (sulfide) groups is 1. The molecule has 2 amide bonds. The van der Waals surface area contributed by atoms with E-state index in [1.807, 2.05) is 79.4 Å². The second-order valence-electron chi connectivity index (χ2n) is 9.59. The Morgan fingerprint density at radius 1 is 1.06 bits per heavy atom. The molecule has 5 nitrogen and oxygen atoms in total. The maximum absolute atomic E-state index is 13.1. The smallest absolute Gasteiger partial charge is 0.251 e. The highest BCUT2D eigenvalue weighted by Crippen LogP contribution is 2.39. The molecule has 6 heteroatoms. The van der Waals surface area contributed by atoms with E-state index in [0.717, 1.165) is 33.6 Å². The van der Waals surface area contributed by atoms with Crippen LogP contribution in [0.2, 0.25) is 0 Å². The number of rotatable bonds is 8. The van der Waals surface area contributed by atoms with E-state index >= 15 is 0 Å². The fourth-order valence-corrected chi connectivity index (χ4v) is 5.84. The van der Waals surface area contributed by atoms with Gasteiger partial charge in [-0.05, 0) is 71.8 Å². The number of ether oxygens (including phenoxy) is 1. The number of carbonyl (C=O) groups excluding carboxylic acids is 2. The molecule has 36 heavy (non-hydrogen) atoms. The van der Waals surface area contributed by atoms with Gasteiger partial charge in [-0.15, -0.1) is 11.8 Å². The zero-order valence-corrected chi connectivity index (χ0v) is 22.4. The molecule has 0 saturated carbocycles. The number of carbonyl (C=O) groups is 2. The van der Waals surface area contributed by atoms with Crippen molar-refractivity contribution in [1.29, 1.82) is 0 Å². The van der Waals surface area contributed by atoms with E-state index in [1.54, 1.807) is 18.9 Å². The predicted molar refractivity (Wildman–Crippen MR) is 146 cm³/mol. The quantitative estimate of drug-likeness (QED) is 0.388. The van der Waals surface area contributed by atoms with Gasteiger partial charge in [0, 0.05) is 12.1 Å². The summed E-state index contributed by atoms with van der Waals surface area (Å²) in [7, 11) is 1.69. The first kappa shape index (κ1) is 25.8. The van der Waals surface area contributed by atoms with E-state index in [1.165, 1.54) is 0 Å². The van der Waals surface area contributed by atoms with Crippen molar-refractivity contribution in [3.8, 4) is 5.75 Å². The van der Waals surface area contributed by atoms with E-state index in [9.17, 15) is 9.59 Å². The van der Waals surface area contributed by atoms with Crippen LogP contribution < -0.4 is 10.1 Å². The molecule has 0 unspecified atom stereocenters. The molecule has 3 aromatic carbocycles. The second kappa shape index (κ2) is 11.2. The average Bonchev–Trinajstić information content (AvgIpc) is 3.23. The molecule has 1 heterocycles. The number of hydrogen-bond acceptors (Lipinski definition) is 4. The monoisotopic (exact) mass is 502 g/mol. The van der Waals surface area contributed by atoms with Gasteiger partial charge >= 0.3 is 0 Å². The van der Waals surface area contributed by atoms with Crippen LogP contribution in [0.3, 0.4) is 0 Å². The van der Waals surface area contributed by atoms with E-state index < -0.39 is 0 Å². The maximum Gasteiger partial charge on any atom is 0.251 e. The zero-order valence-electron chi connectivity index (χ0n) is 21.6. The summed E-state index contributed by atoms with van der Waals surface area (Å²) in [6.45, 7) is 8.91. The minimum Gasteiger partial charge on any atom is -0.496 e. The van der Waals surface area contributed by atoms with Gasteiger partial charge in [0.2, 0.25) is 5.91 Å². The zero-order chi connectivity index (χ0) is 25.8. The number of benzene rings is 3. The lowest BCUT2D eigenvalue weighted by Gasteiger charge is -2.24. The lowest BCUT2D eigenvalue weighted by Crippen LogP contribution is -2.28. The van der Waals surface area contributed by atoms with Gasteiger partial charge in [-0.2, -0.15) is 0 Å². The highest BCUT2D eigenvalue weighted by atomic mass is 32.2. The summed E-state index contributed by atoms with van der Waals surface area (Å²) in [4.78, 5) is 27.5. The van der Waals surface area contributed by atoms with Crippen molar-refractivity contribution < 1.29 is 14.3 Å². The Morgan fingerprint density at radius 2 is 1.75 bits per heavy atom. The molecular weight excluding hydrogens is 468 g/mol. The molecule has 0 aliphatic carbocycles. The molecule has 1 aliphatic heterocycles. The third-order valence-corrected chi connectivity index (χ3v) is 7.93. The van der Waals surface area contributed by atoms with E-state index in [-0.39, 0.29) is 23.2 Å². The van der Waals surface area contributed by atoms with Crippen molar-refractivity contribution in [3.63, 3.8) is 0 Å². The molecule has 188 valence electrons. The molecule has 1 N–H and O–H groups in total. The summed E-state index contributed by atoms with van der Waals surface area (Å²) in [5.74, 6) is 1.69. The summed E-state index contributed by atoms with van der Waals surface area (Å²) >= 11 is 1.63. The minimum absolute atomic E-state index is 0.0508. The summed E-state index contributed by atoms with van der Waals surface area (Å²) in [5, 5.41) is 3.09. The highest BCUT2D eigenvalue weighted by molar-refractivity contribution is 8.00. The van der Waals surface area contributed by atoms with E-state index in [0.29, 0.717) is 23.8 Å². The molecule has 0 aromatic heterocycles. The van der Waals surface area contributed by atoms with Crippen LogP contribution in [0.25, 0.3) is 0 Å². The van der Waals surface area contributed by atoms with Crippen LogP contribution in [-0.2, 0) is 11.3 Å².